The normalized spacial score (nSPS) is 12.2. The second-order valence-corrected chi connectivity index (χ2v) is 5.55. The summed E-state index contributed by atoms with van der Waals surface area (Å²) in [5.74, 6) is -0.214. The quantitative estimate of drug-likeness (QED) is 0.606. The number of rotatable bonds is 4. The molecule has 1 aromatic carbocycles. The van der Waals surface area contributed by atoms with Gasteiger partial charge in [-0.05, 0) is 54.1 Å². The predicted octanol–water partition coefficient (Wildman–Crippen LogP) is 2.90. The molecule has 1 atom stereocenters. The fourth-order valence-electron chi connectivity index (χ4n) is 1.23. The summed E-state index contributed by atoms with van der Waals surface area (Å²) in [5, 5.41) is 13.2. The third-order valence-corrected chi connectivity index (χ3v) is 3.25. The van der Waals surface area contributed by atoms with Crippen LogP contribution in [-0.2, 0) is 0 Å². The molecule has 2 N–H and O–H groups in total. The van der Waals surface area contributed by atoms with Crippen LogP contribution in [-0.4, -0.2) is 22.4 Å². The molecule has 88 valence electrons. The van der Waals surface area contributed by atoms with E-state index in [1.165, 1.54) is 6.07 Å². The molecule has 5 heteroatoms. The van der Waals surface area contributed by atoms with Crippen LogP contribution in [0.3, 0.4) is 0 Å². The van der Waals surface area contributed by atoms with Crippen LogP contribution >= 0.6 is 38.5 Å². The van der Waals surface area contributed by atoms with Crippen LogP contribution in [0.4, 0.5) is 0 Å². The lowest BCUT2D eigenvalue weighted by atomic mass is 10.1. The Hall–Kier alpha value is -0.300. The maximum absolute atomic E-state index is 11.8. The highest BCUT2D eigenvalue weighted by molar-refractivity contribution is 14.1. The highest BCUT2D eigenvalue weighted by atomic mass is 127. The van der Waals surface area contributed by atoms with E-state index in [0.29, 0.717) is 5.56 Å². The summed E-state index contributed by atoms with van der Waals surface area (Å²) >= 11 is 5.43. The van der Waals surface area contributed by atoms with Gasteiger partial charge in [0.15, 0.2) is 0 Å². The molecule has 0 fully saturated rings. The Morgan fingerprint density at radius 1 is 1.62 bits per heavy atom. The number of hydrogen-bond acceptors (Lipinski definition) is 2. The molecule has 0 spiro atoms. The van der Waals surface area contributed by atoms with Gasteiger partial charge < -0.3 is 10.4 Å². The number of alkyl halides is 1. The third kappa shape index (κ3) is 3.93. The molecule has 1 rings (SSSR count). The fourth-order valence-corrected chi connectivity index (χ4v) is 2.41. The number of carbonyl (C=O) groups excluding carboxylic acids is 1. The van der Waals surface area contributed by atoms with Gasteiger partial charge in [0, 0.05) is 14.9 Å². The molecule has 0 radical (unpaired) electrons. The molecule has 1 unspecified atom stereocenters. The molecule has 0 saturated carbocycles. The number of nitrogens with one attached hydrogen (secondary N) is 1. The summed E-state index contributed by atoms with van der Waals surface area (Å²) in [6, 6.07) is 5.05. The minimum absolute atomic E-state index is 0.0176. The van der Waals surface area contributed by atoms with Crippen molar-refractivity contribution in [2.45, 2.75) is 19.4 Å². The summed E-state index contributed by atoms with van der Waals surface area (Å²) in [6.07, 6.45) is 0.858. The third-order valence-electron chi connectivity index (χ3n) is 2.12. The van der Waals surface area contributed by atoms with Crippen molar-refractivity contribution in [1.29, 1.82) is 0 Å². The van der Waals surface area contributed by atoms with Crippen molar-refractivity contribution in [3.63, 3.8) is 0 Å². The Kier molecular flexibility index (Phi) is 5.54. The Bertz CT molecular complexity index is 384. The van der Waals surface area contributed by atoms with Crippen LogP contribution in [0.2, 0.25) is 0 Å². The van der Waals surface area contributed by atoms with E-state index >= 15 is 0 Å². The molecular formula is C11H13BrINO2. The number of benzene rings is 1. The van der Waals surface area contributed by atoms with Crippen molar-refractivity contribution >= 4 is 44.4 Å². The van der Waals surface area contributed by atoms with E-state index in [0.717, 1.165) is 15.3 Å². The fraction of sp³-hybridized carbons (Fsp3) is 0.364. The first-order valence-electron chi connectivity index (χ1n) is 4.90. The average molecular weight is 398 g/mol. The van der Waals surface area contributed by atoms with E-state index in [4.69, 9.17) is 0 Å². The second kappa shape index (κ2) is 6.44. The van der Waals surface area contributed by atoms with Gasteiger partial charge in [-0.3, -0.25) is 4.79 Å². The summed E-state index contributed by atoms with van der Waals surface area (Å²) in [5.41, 5.74) is 0.327. The van der Waals surface area contributed by atoms with E-state index in [2.05, 4.69) is 43.8 Å². The van der Waals surface area contributed by atoms with Crippen molar-refractivity contribution in [2.24, 2.45) is 0 Å². The largest absolute Gasteiger partial charge is 0.507 e. The standard InChI is InChI=1S/C11H13BrINO2/c1-7(4-5-12)14-11(16)9-6-8(13)2-3-10(9)15/h2-3,6-7,15H,4-5H2,1H3,(H,14,16). The number of halogens is 2. The van der Waals surface area contributed by atoms with Gasteiger partial charge in [-0.2, -0.15) is 0 Å². The van der Waals surface area contributed by atoms with Gasteiger partial charge in [-0.1, -0.05) is 15.9 Å². The zero-order chi connectivity index (χ0) is 12.1. The molecule has 0 bridgehead atoms. The Labute approximate surface area is 117 Å². The van der Waals surface area contributed by atoms with E-state index in [1.807, 2.05) is 6.92 Å². The van der Waals surface area contributed by atoms with E-state index in [-0.39, 0.29) is 17.7 Å². The molecule has 0 aromatic heterocycles. The van der Waals surface area contributed by atoms with Crippen molar-refractivity contribution in [2.75, 3.05) is 5.33 Å². The van der Waals surface area contributed by atoms with Gasteiger partial charge >= 0.3 is 0 Å². The first kappa shape index (κ1) is 13.8. The van der Waals surface area contributed by atoms with Crippen LogP contribution in [0.25, 0.3) is 0 Å². The minimum atomic E-state index is -0.232. The van der Waals surface area contributed by atoms with Gasteiger partial charge in [-0.15, -0.1) is 0 Å². The van der Waals surface area contributed by atoms with E-state index in [1.54, 1.807) is 12.1 Å². The van der Waals surface area contributed by atoms with Crippen LogP contribution in [0.15, 0.2) is 18.2 Å². The minimum Gasteiger partial charge on any atom is -0.507 e. The summed E-state index contributed by atoms with van der Waals surface area (Å²) in [4.78, 5) is 11.8. The lowest BCUT2D eigenvalue weighted by molar-refractivity contribution is 0.0937. The van der Waals surface area contributed by atoms with Crippen LogP contribution in [0, 0.1) is 3.57 Å². The van der Waals surface area contributed by atoms with Crippen molar-refractivity contribution < 1.29 is 9.90 Å². The summed E-state index contributed by atoms with van der Waals surface area (Å²) < 4.78 is 0.925. The highest BCUT2D eigenvalue weighted by Gasteiger charge is 2.13. The van der Waals surface area contributed by atoms with Gasteiger partial charge in [-0.25, -0.2) is 0 Å². The predicted molar refractivity (Wildman–Crippen MR) is 76.2 cm³/mol. The lowest BCUT2D eigenvalue weighted by Crippen LogP contribution is -2.32. The molecule has 0 heterocycles. The van der Waals surface area contributed by atoms with Gasteiger partial charge in [0.2, 0.25) is 0 Å². The van der Waals surface area contributed by atoms with E-state index < -0.39 is 0 Å². The number of phenolic OH excluding ortho intramolecular Hbond substituents is 1. The maximum atomic E-state index is 11.8. The molecule has 1 amide bonds. The number of hydrogen-bond donors (Lipinski definition) is 2. The SMILES string of the molecule is CC(CCBr)NC(=O)c1cc(I)ccc1O. The van der Waals surface area contributed by atoms with Crippen molar-refractivity contribution in [3.05, 3.63) is 27.3 Å². The Morgan fingerprint density at radius 3 is 2.94 bits per heavy atom. The molecule has 0 aliphatic rings. The smallest absolute Gasteiger partial charge is 0.255 e. The zero-order valence-electron chi connectivity index (χ0n) is 8.84. The van der Waals surface area contributed by atoms with Crippen LogP contribution in [0.5, 0.6) is 5.75 Å². The lowest BCUT2D eigenvalue weighted by Gasteiger charge is -2.13. The van der Waals surface area contributed by atoms with Crippen LogP contribution in [0.1, 0.15) is 23.7 Å². The first-order valence-corrected chi connectivity index (χ1v) is 7.10. The monoisotopic (exact) mass is 397 g/mol. The maximum Gasteiger partial charge on any atom is 0.255 e. The summed E-state index contributed by atoms with van der Waals surface area (Å²) in [7, 11) is 0. The first-order chi connectivity index (χ1) is 7.54. The molecule has 0 aliphatic heterocycles. The number of amides is 1. The summed E-state index contributed by atoms with van der Waals surface area (Å²) in [6.45, 7) is 1.93. The Balaban J connectivity index is 2.76. The molecular weight excluding hydrogens is 385 g/mol. The van der Waals surface area contributed by atoms with Gasteiger partial charge in [0.05, 0.1) is 5.56 Å². The van der Waals surface area contributed by atoms with Gasteiger partial charge in [0.25, 0.3) is 5.91 Å². The molecule has 3 nitrogen and oxygen atoms in total. The van der Waals surface area contributed by atoms with Crippen LogP contribution < -0.4 is 5.32 Å². The number of carbonyl (C=O) groups is 1. The molecule has 0 saturated heterocycles. The zero-order valence-corrected chi connectivity index (χ0v) is 12.6. The highest BCUT2D eigenvalue weighted by Crippen LogP contribution is 2.19. The van der Waals surface area contributed by atoms with Gasteiger partial charge in [0.1, 0.15) is 5.75 Å². The average Bonchev–Trinajstić information content (AvgIpc) is 2.21. The second-order valence-electron chi connectivity index (χ2n) is 3.51. The van der Waals surface area contributed by atoms with Crippen molar-refractivity contribution in [1.82, 2.24) is 5.32 Å². The molecule has 0 aliphatic carbocycles. The topological polar surface area (TPSA) is 49.3 Å². The van der Waals surface area contributed by atoms with Crippen molar-refractivity contribution in [3.8, 4) is 5.75 Å². The molecule has 1 aromatic rings. The number of aromatic hydroxyl groups is 1. The number of phenols is 1. The Morgan fingerprint density at radius 2 is 2.31 bits per heavy atom. The molecule has 16 heavy (non-hydrogen) atoms. The van der Waals surface area contributed by atoms with E-state index in [9.17, 15) is 9.90 Å².